The van der Waals surface area contributed by atoms with E-state index < -0.39 is 121 Å². The number of carboxylic acid groups (broad SMARTS) is 2. The third-order valence-corrected chi connectivity index (χ3v) is 16.4. The number of nitrogens with zero attached hydrogens (tertiary/aromatic N) is 4. The Bertz CT molecular complexity index is 2470. The number of amides is 1. The number of hydrogen-bond acceptors (Lipinski definition) is 19. The number of aliphatic hydroxyl groups is 2. The van der Waals surface area contributed by atoms with Crippen LogP contribution in [0.5, 0.6) is 11.8 Å². The van der Waals surface area contributed by atoms with E-state index in [0.29, 0.717) is 63.4 Å². The quantitative estimate of drug-likeness (QED) is 0.0912. The van der Waals surface area contributed by atoms with Gasteiger partial charge >= 0.3 is 17.9 Å². The van der Waals surface area contributed by atoms with Crippen LogP contribution in [-0.4, -0.2) is 184 Å². The van der Waals surface area contributed by atoms with Crippen molar-refractivity contribution >= 4 is 41.2 Å². The number of rotatable bonds is 16. The van der Waals surface area contributed by atoms with Gasteiger partial charge in [0.2, 0.25) is 5.79 Å². The first-order valence-electron chi connectivity index (χ1n) is 28.7. The predicted octanol–water partition coefficient (Wildman–Crippen LogP) is 5.42. The van der Waals surface area contributed by atoms with Gasteiger partial charge in [-0.3, -0.25) is 19.2 Å². The number of aromatic nitrogens is 3. The molecule has 1 saturated carbocycles. The minimum Gasteiger partial charge on any atom is -0.479 e. The fourth-order valence-corrected chi connectivity index (χ4v) is 11.5. The number of cyclic esters (lactones) is 1. The maximum absolute atomic E-state index is 14.7. The minimum absolute atomic E-state index is 0.00788. The molecule has 5 rings (SSSR count). The molecule has 458 valence electrons. The number of allylic oxidation sites excluding steroid dienone is 6. The van der Waals surface area contributed by atoms with Crippen LogP contribution in [0.1, 0.15) is 126 Å². The zero-order valence-corrected chi connectivity index (χ0v) is 49.3. The number of piperidine rings is 1. The normalized spacial score (nSPS) is 34.3. The summed E-state index contributed by atoms with van der Waals surface area (Å²) >= 11 is 0. The van der Waals surface area contributed by atoms with Crippen LogP contribution in [0.15, 0.2) is 47.6 Å². The highest BCUT2D eigenvalue weighted by molar-refractivity contribution is 6.39. The molecule has 2 bridgehead atoms. The fourth-order valence-electron chi connectivity index (χ4n) is 11.5. The Morgan fingerprint density at radius 2 is 1.56 bits per heavy atom. The molecule has 82 heavy (non-hydrogen) atoms. The molecule has 4 N–H and O–H groups in total. The Labute approximate surface area is 480 Å². The number of carbonyl (C=O) groups excluding carboxylic acids is 5. The lowest BCUT2D eigenvalue weighted by molar-refractivity contribution is -0.265. The highest BCUT2D eigenvalue weighted by Gasteiger charge is 2.53. The van der Waals surface area contributed by atoms with Gasteiger partial charge in [0.15, 0.2) is 19.0 Å². The largest absolute Gasteiger partial charge is 0.479 e. The zero-order valence-electron chi connectivity index (χ0n) is 49.3. The van der Waals surface area contributed by atoms with Crippen LogP contribution < -0.4 is 9.47 Å². The summed E-state index contributed by atoms with van der Waals surface area (Å²) in [5.41, 5.74) is 1.19. The number of methoxy groups -OCH3 is 3. The third-order valence-electron chi connectivity index (χ3n) is 16.4. The summed E-state index contributed by atoms with van der Waals surface area (Å²) in [6.07, 6.45) is 10.3. The van der Waals surface area contributed by atoms with Crippen LogP contribution in [-0.2, 0) is 68.5 Å². The summed E-state index contributed by atoms with van der Waals surface area (Å²) in [6.45, 7) is 11.1. The Morgan fingerprint density at radius 1 is 0.841 bits per heavy atom. The average Bonchev–Trinajstić information content (AvgIpc) is 3.95. The Balaban J connectivity index is 1.40. The van der Waals surface area contributed by atoms with Gasteiger partial charge in [-0.05, 0) is 107 Å². The standard InChI is InChI=1S/C59H88N4O19/c1-34-16-12-11-13-17-35(2)46(75-8)30-42-21-19-40(7)59(74,82-42)54(71)56(72)62-23-15-14-18-43(62)58(73)81-47(31-44(64)36(3)27-39(6)52(70)53(77-10)51(69)38(5)26-34)37(4)28-41-20-22-45(48(29-41)76-9)78-25-24-63-57(80-33-50(67)68)55(60-61-63)79-32-49(65)66/h11-13,16-17,27,34,36-38,40-43,45-48,52-53,70,74H,14-15,18-26,28-33H2,1-10H3,(H,65,66)(H,67,68)/b13-11+,16-12+,35-17+,39-27+/t34-,36-,37-,38-,40-,41-,42+,43+,45-,46+,47+,48-,52-,53+,59-/m1/s1. The maximum atomic E-state index is 14.7. The first kappa shape index (κ1) is 67.1. The smallest absolute Gasteiger partial charge is 0.341 e. The van der Waals surface area contributed by atoms with Crippen molar-refractivity contribution < 1.29 is 91.9 Å². The predicted molar refractivity (Wildman–Crippen MR) is 295 cm³/mol. The lowest BCUT2D eigenvalue weighted by Crippen LogP contribution is -2.61. The molecule has 0 radical (unpaired) electrons. The van der Waals surface area contributed by atoms with Gasteiger partial charge in [0.25, 0.3) is 23.5 Å². The van der Waals surface area contributed by atoms with E-state index in [1.807, 2.05) is 51.2 Å². The first-order chi connectivity index (χ1) is 38.9. The van der Waals surface area contributed by atoms with E-state index in [9.17, 15) is 48.9 Å². The molecule has 0 aromatic carbocycles. The van der Waals surface area contributed by atoms with Crippen molar-refractivity contribution in [2.75, 3.05) is 47.7 Å². The molecular weight excluding hydrogens is 1070 g/mol. The highest BCUT2D eigenvalue weighted by Crippen LogP contribution is 2.38. The number of carboxylic acids is 2. The molecule has 2 saturated heterocycles. The zero-order chi connectivity index (χ0) is 60.4. The molecule has 3 aliphatic heterocycles. The number of hydrogen-bond donors (Lipinski definition) is 4. The van der Waals surface area contributed by atoms with Crippen molar-refractivity contribution in [1.82, 2.24) is 19.9 Å². The second kappa shape index (κ2) is 31.8. The van der Waals surface area contributed by atoms with Crippen molar-refractivity contribution in [3.8, 4) is 11.8 Å². The summed E-state index contributed by atoms with van der Waals surface area (Å²) in [6, 6.07) is -1.21. The lowest BCUT2D eigenvalue weighted by Gasteiger charge is -2.42. The van der Waals surface area contributed by atoms with Crippen LogP contribution in [0.4, 0.5) is 0 Å². The monoisotopic (exact) mass is 1160 g/mol. The van der Waals surface area contributed by atoms with Gasteiger partial charge in [-0.2, -0.15) is 0 Å². The molecule has 0 unspecified atom stereocenters. The van der Waals surface area contributed by atoms with E-state index in [4.69, 9.17) is 43.0 Å². The van der Waals surface area contributed by atoms with Crippen molar-refractivity contribution in [2.45, 2.75) is 187 Å². The van der Waals surface area contributed by atoms with E-state index >= 15 is 0 Å². The van der Waals surface area contributed by atoms with Crippen molar-refractivity contribution in [3.63, 3.8) is 0 Å². The third kappa shape index (κ3) is 18.4. The van der Waals surface area contributed by atoms with E-state index in [0.717, 1.165) is 10.5 Å². The number of fused-ring (bicyclic) bond motifs is 3. The molecule has 3 fully saturated rings. The number of Topliss-reactive ketones (excluding diaryl/α,β-unsaturated/α-hetero) is 3. The van der Waals surface area contributed by atoms with Crippen LogP contribution in [0.25, 0.3) is 0 Å². The second-order valence-electron chi connectivity index (χ2n) is 22.7. The number of aliphatic carboxylic acids is 2. The number of ether oxygens (including phenoxy) is 8. The van der Waals surface area contributed by atoms with Crippen molar-refractivity contribution in [3.05, 3.63) is 47.6 Å². The molecule has 1 aromatic rings. The molecule has 1 aromatic heterocycles. The van der Waals surface area contributed by atoms with Gasteiger partial charge in [0.05, 0.1) is 37.6 Å². The van der Waals surface area contributed by atoms with Gasteiger partial charge < -0.3 is 63.2 Å². The SMILES string of the molecule is CO[C@H]1C[C@@H]2CC[C@@H](C)[C@@](O)(O2)C(=O)C(=O)N2CCCC[C@H]2C(=O)O[C@H]([C@H](C)C[C@H]2CC[C@@H](OCCn3nnc(OCC(=O)O)c3OCC(=O)O)[C@H](OC)C2)CC(=O)[C@H](C)/C=C(\C)[C@@H](O)[C@@H](OC)C(=O)[C@H](C)C[C@H](C)/C=C/C=C/C=C/1C. The van der Waals surface area contributed by atoms with Gasteiger partial charge in [-0.25, -0.2) is 19.1 Å². The van der Waals surface area contributed by atoms with Gasteiger partial charge in [0, 0.05) is 58.5 Å². The molecular formula is C59H88N4O19. The van der Waals surface area contributed by atoms with E-state index in [2.05, 4.69) is 10.3 Å². The van der Waals surface area contributed by atoms with Crippen LogP contribution in [0.3, 0.4) is 0 Å². The maximum Gasteiger partial charge on any atom is 0.341 e. The molecule has 4 aliphatic rings. The average molecular weight is 1160 g/mol. The summed E-state index contributed by atoms with van der Waals surface area (Å²) in [4.78, 5) is 95.2. The summed E-state index contributed by atoms with van der Waals surface area (Å²) in [5, 5.41) is 49.6. The second-order valence-corrected chi connectivity index (χ2v) is 22.7. The van der Waals surface area contributed by atoms with Gasteiger partial charge in [-0.15, -0.1) is 0 Å². The highest BCUT2D eigenvalue weighted by atomic mass is 16.6. The minimum atomic E-state index is -2.48. The fraction of sp³-hybridized carbons (Fsp3) is 0.712. The number of aliphatic hydroxyl groups excluding tert-OH is 1. The van der Waals surface area contributed by atoms with Crippen LogP contribution in [0.2, 0.25) is 0 Å². The summed E-state index contributed by atoms with van der Waals surface area (Å²) in [5.74, 6) is -11.7. The Kier molecular flexibility index (Phi) is 26.0. The number of carbonyl (C=O) groups is 7. The van der Waals surface area contributed by atoms with E-state index in [1.165, 1.54) is 11.8 Å². The molecule has 15 atom stereocenters. The van der Waals surface area contributed by atoms with Crippen LogP contribution in [0, 0.1) is 35.5 Å². The number of esters is 1. The van der Waals surface area contributed by atoms with Crippen molar-refractivity contribution in [1.29, 1.82) is 0 Å². The van der Waals surface area contributed by atoms with E-state index in [1.54, 1.807) is 48.0 Å². The molecule has 1 aliphatic carbocycles. The number of ketones is 3. The summed E-state index contributed by atoms with van der Waals surface area (Å²) < 4.78 is 47.8. The van der Waals surface area contributed by atoms with Crippen LogP contribution >= 0.6 is 0 Å². The van der Waals surface area contributed by atoms with Gasteiger partial charge in [0.1, 0.15) is 30.1 Å². The Morgan fingerprint density at radius 3 is 2.24 bits per heavy atom. The molecule has 23 heteroatoms. The first-order valence-corrected chi connectivity index (χ1v) is 28.7. The topological polar surface area (TPSA) is 308 Å². The molecule has 4 heterocycles. The summed E-state index contributed by atoms with van der Waals surface area (Å²) in [7, 11) is 4.48. The lowest BCUT2D eigenvalue weighted by atomic mass is 9.78. The molecule has 1 amide bonds. The van der Waals surface area contributed by atoms with Gasteiger partial charge in [-0.1, -0.05) is 81.4 Å². The van der Waals surface area contributed by atoms with Crippen molar-refractivity contribution in [2.24, 2.45) is 35.5 Å². The Hall–Kier alpha value is -5.69. The molecule has 0 spiro atoms. The van der Waals surface area contributed by atoms with E-state index in [-0.39, 0.29) is 74.1 Å². The molecule has 23 nitrogen and oxygen atoms in total.